The number of halogens is 1. The van der Waals surface area contributed by atoms with E-state index in [1.807, 2.05) is 18.7 Å². The number of aromatic nitrogens is 2. The van der Waals surface area contributed by atoms with Gasteiger partial charge in [0.2, 0.25) is 0 Å². The Balaban J connectivity index is 2.08. The topological polar surface area (TPSA) is 56.6 Å². The van der Waals surface area contributed by atoms with Crippen LogP contribution >= 0.6 is 15.9 Å². The van der Waals surface area contributed by atoms with Crippen LogP contribution in [0.25, 0.3) is 0 Å². The van der Waals surface area contributed by atoms with Gasteiger partial charge in [-0.15, -0.1) is 0 Å². The number of carbonyl (C=O) groups excluding carboxylic acids is 1. The van der Waals surface area contributed by atoms with E-state index in [9.17, 15) is 4.79 Å². The maximum absolute atomic E-state index is 12.7. The molecule has 118 valence electrons. The Bertz CT molecular complexity index is 462. The first kappa shape index (κ1) is 16.5. The quantitative estimate of drug-likeness (QED) is 0.667. The molecule has 1 heterocycles. The van der Waals surface area contributed by atoms with E-state index in [2.05, 4.69) is 21.0 Å². The molecule has 0 aliphatic heterocycles. The van der Waals surface area contributed by atoms with E-state index in [4.69, 9.17) is 9.47 Å². The van der Waals surface area contributed by atoms with Crippen LogP contribution < -0.4 is 0 Å². The first-order valence-electron chi connectivity index (χ1n) is 7.30. The number of rotatable bonds is 8. The summed E-state index contributed by atoms with van der Waals surface area (Å²) in [5.74, 6) is -0.0665. The lowest BCUT2D eigenvalue weighted by molar-refractivity contribution is -0.144. The number of carbonyl (C=O) groups is 1. The molecule has 0 aromatic carbocycles. The molecule has 0 N–H and O–H groups in total. The van der Waals surface area contributed by atoms with Gasteiger partial charge in [-0.2, -0.15) is 5.10 Å². The Kier molecular flexibility index (Phi) is 5.78. The molecule has 0 spiro atoms. The van der Waals surface area contributed by atoms with Gasteiger partial charge in [0.25, 0.3) is 5.91 Å². The fraction of sp³-hybridized carbons (Fsp3) is 0.714. The van der Waals surface area contributed by atoms with Crippen LogP contribution in [0.1, 0.15) is 37.2 Å². The van der Waals surface area contributed by atoms with Gasteiger partial charge in [0, 0.05) is 32.4 Å². The van der Waals surface area contributed by atoms with Gasteiger partial charge < -0.3 is 14.4 Å². The number of aryl methyl sites for hydroxylation is 1. The Hall–Kier alpha value is -0.920. The highest BCUT2D eigenvalue weighted by Crippen LogP contribution is 2.29. The summed E-state index contributed by atoms with van der Waals surface area (Å²) in [6.07, 6.45) is 1.69. The number of amides is 1. The van der Waals surface area contributed by atoms with Gasteiger partial charge in [0.15, 0.2) is 12.0 Å². The molecule has 0 saturated heterocycles. The van der Waals surface area contributed by atoms with E-state index in [1.54, 1.807) is 17.8 Å². The molecule has 1 aliphatic rings. The molecule has 1 aromatic heterocycles. The summed E-state index contributed by atoms with van der Waals surface area (Å²) >= 11 is 3.37. The van der Waals surface area contributed by atoms with E-state index in [-0.39, 0.29) is 18.2 Å². The minimum Gasteiger partial charge on any atom is -0.351 e. The third-order valence-electron chi connectivity index (χ3n) is 3.34. The molecule has 1 saturated carbocycles. The third-order valence-corrected chi connectivity index (χ3v) is 4.08. The molecule has 0 unspecified atom stereocenters. The van der Waals surface area contributed by atoms with Crippen LogP contribution in [0.15, 0.2) is 10.7 Å². The van der Waals surface area contributed by atoms with Crippen molar-refractivity contribution >= 4 is 21.8 Å². The van der Waals surface area contributed by atoms with Crippen LogP contribution in [0.4, 0.5) is 0 Å². The lowest BCUT2D eigenvalue weighted by Gasteiger charge is -2.26. The van der Waals surface area contributed by atoms with Gasteiger partial charge in [-0.05, 0) is 42.6 Å². The van der Waals surface area contributed by atoms with Crippen molar-refractivity contribution in [2.45, 2.75) is 39.0 Å². The molecular weight excluding hydrogens is 338 g/mol. The monoisotopic (exact) mass is 359 g/mol. The lowest BCUT2D eigenvalue weighted by Crippen LogP contribution is -2.41. The number of ether oxygens (including phenoxy) is 2. The Morgan fingerprint density at radius 3 is 2.52 bits per heavy atom. The highest BCUT2D eigenvalue weighted by atomic mass is 79.9. The summed E-state index contributed by atoms with van der Waals surface area (Å²) in [6, 6.07) is 2.02. The van der Waals surface area contributed by atoms with Crippen LogP contribution in [0.3, 0.4) is 0 Å². The molecule has 6 nitrogen and oxygen atoms in total. The molecule has 7 heteroatoms. The Labute approximate surface area is 133 Å². The van der Waals surface area contributed by atoms with Gasteiger partial charge in [-0.25, -0.2) is 0 Å². The van der Waals surface area contributed by atoms with E-state index >= 15 is 0 Å². The highest BCUT2D eigenvalue weighted by Gasteiger charge is 2.35. The zero-order chi connectivity index (χ0) is 15.4. The average molecular weight is 360 g/mol. The zero-order valence-electron chi connectivity index (χ0n) is 12.7. The van der Waals surface area contributed by atoms with E-state index in [1.165, 1.54) is 0 Å². The average Bonchev–Trinajstić information content (AvgIpc) is 3.22. The predicted molar refractivity (Wildman–Crippen MR) is 82.0 cm³/mol. The second kappa shape index (κ2) is 7.38. The summed E-state index contributed by atoms with van der Waals surface area (Å²) in [5.41, 5.74) is 0.447. The molecule has 1 amide bonds. The summed E-state index contributed by atoms with van der Waals surface area (Å²) < 4.78 is 13.5. The summed E-state index contributed by atoms with van der Waals surface area (Å²) in [7, 11) is 1.80. The fourth-order valence-corrected chi connectivity index (χ4v) is 2.46. The van der Waals surface area contributed by atoms with E-state index in [0.29, 0.717) is 25.5 Å². The second-order valence-corrected chi connectivity index (χ2v) is 5.82. The van der Waals surface area contributed by atoms with Crippen molar-refractivity contribution in [2.24, 2.45) is 7.05 Å². The van der Waals surface area contributed by atoms with Crippen LogP contribution in [0, 0.1) is 0 Å². The van der Waals surface area contributed by atoms with E-state index < -0.39 is 0 Å². The maximum Gasteiger partial charge on any atom is 0.274 e. The van der Waals surface area contributed by atoms with Crippen molar-refractivity contribution in [3.8, 4) is 0 Å². The minimum absolute atomic E-state index is 0.0665. The molecule has 1 aromatic rings. The zero-order valence-corrected chi connectivity index (χ0v) is 14.3. The molecule has 0 radical (unpaired) electrons. The largest absolute Gasteiger partial charge is 0.351 e. The van der Waals surface area contributed by atoms with Crippen LogP contribution in [-0.2, 0) is 16.5 Å². The predicted octanol–water partition coefficient (Wildman–Crippen LogP) is 2.19. The smallest absolute Gasteiger partial charge is 0.274 e. The van der Waals surface area contributed by atoms with Gasteiger partial charge in [0.05, 0.1) is 6.54 Å². The lowest BCUT2D eigenvalue weighted by atomic mass is 10.3. The SMILES string of the molecule is CCOC(CN(C(=O)c1cc(Br)n(C)n1)C1CC1)OCC. The summed E-state index contributed by atoms with van der Waals surface area (Å²) in [6.45, 7) is 5.41. The molecule has 21 heavy (non-hydrogen) atoms. The van der Waals surface area contributed by atoms with Crippen LogP contribution in [-0.4, -0.2) is 52.7 Å². The Morgan fingerprint density at radius 1 is 1.48 bits per heavy atom. The molecule has 0 atom stereocenters. The van der Waals surface area contributed by atoms with Crippen molar-refractivity contribution < 1.29 is 14.3 Å². The first-order chi connectivity index (χ1) is 10.1. The van der Waals surface area contributed by atoms with Crippen molar-refractivity contribution in [1.82, 2.24) is 14.7 Å². The Morgan fingerprint density at radius 2 is 2.10 bits per heavy atom. The van der Waals surface area contributed by atoms with Gasteiger partial charge in [-0.1, -0.05) is 0 Å². The van der Waals surface area contributed by atoms with Gasteiger partial charge in [-0.3, -0.25) is 9.48 Å². The fourth-order valence-electron chi connectivity index (χ4n) is 2.17. The van der Waals surface area contributed by atoms with Crippen molar-refractivity contribution in [3.05, 3.63) is 16.4 Å². The number of hydrogen-bond acceptors (Lipinski definition) is 4. The van der Waals surface area contributed by atoms with Crippen LogP contribution in [0.5, 0.6) is 0 Å². The molecule has 1 aliphatic carbocycles. The molecule has 1 fully saturated rings. The van der Waals surface area contributed by atoms with Crippen molar-refractivity contribution in [1.29, 1.82) is 0 Å². The maximum atomic E-state index is 12.7. The molecule has 2 rings (SSSR count). The third kappa shape index (κ3) is 4.28. The molecule has 0 bridgehead atoms. The van der Waals surface area contributed by atoms with Crippen molar-refractivity contribution in [2.75, 3.05) is 19.8 Å². The number of nitrogens with zero attached hydrogens (tertiary/aromatic N) is 3. The van der Waals surface area contributed by atoms with E-state index in [0.717, 1.165) is 17.4 Å². The summed E-state index contributed by atoms with van der Waals surface area (Å²) in [4.78, 5) is 14.5. The minimum atomic E-state index is -0.378. The van der Waals surface area contributed by atoms with Gasteiger partial charge >= 0.3 is 0 Å². The first-order valence-corrected chi connectivity index (χ1v) is 8.09. The normalized spacial score (nSPS) is 14.7. The standard InChI is InChI=1S/C14H22BrN3O3/c1-4-20-13(21-5-2)9-18(10-6-7-10)14(19)11-8-12(15)17(3)16-11/h8,10,13H,4-7,9H2,1-3H3. The van der Waals surface area contributed by atoms with Crippen LogP contribution in [0.2, 0.25) is 0 Å². The summed E-state index contributed by atoms with van der Waals surface area (Å²) in [5, 5.41) is 4.24. The number of hydrogen-bond donors (Lipinski definition) is 0. The highest BCUT2D eigenvalue weighted by molar-refractivity contribution is 9.10. The molecular formula is C14H22BrN3O3. The van der Waals surface area contributed by atoms with Crippen molar-refractivity contribution in [3.63, 3.8) is 0 Å². The second-order valence-electron chi connectivity index (χ2n) is 5.00. The van der Waals surface area contributed by atoms with Gasteiger partial charge in [0.1, 0.15) is 4.60 Å².